The van der Waals surface area contributed by atoms with Crippen molar-refractivity contribution < 1.29 is 18.3 Å². The molecule has 0 bridgehead atoms. The van der Waals surface area contributed by atoms with E-state index >= 15 is 0 Å². The Morgan fingerprint density at radius 1 is 1.22 bits per heavy atom. The number of rotatable bonds is 5. The summed E-state index contributed by atoms with van der Waals surface area (Å²) in [5, 5.41) is 12.2. The fourth-order valence-corrected chi connectivity index (χ4v) is 1.55. The number of halogens is 3. The zero-order valence-corrected chi connectivity index (χ0v) is 10.5. The summed E-state index contributed by atoms with van der Waals surface area (Å²) in [7, 11) is 0. The van der Waals surface area contributed by atoms with Crippen LogP contribution in [0.4, 0.5) is 13.2 Å². The molecule has 2 nitrogen and oxygen atoms in total. The van der Waals surface area contributed by atoms with E-state index in [-0.39, 0.29) is 18.7 Å². The molecule has 1 atom stereocenters. The van der Waals surface area contributed by atoms with Gasteiger partial charge in [0.2, 0.25) is 0 Å². The highest BCUT2D eigenvalue weighted by Crippen LogP contribution is 2.31. The van der Waals surface area contributed by atoms with E-state index in [4.69, 9.17) is 0 Å². The standard InChI is InChI=1S/C13H18F3NO/c1-3-12(2,9-18)17-8-10-6-4-5-7-11(10)13(14,15)16/h4-7,17-18H,3,8-9H2,1-2H3. The minimum Gasteiger partial charge on any atom is -0.394 e. The van der Waals surface area contributed by atoms with Gasteiger partial charge in [-0.3, -0.25) is 0 Å². The quantitative estimate of drug-likeness (QED) is 0.854. The molecule has 0 heterocycles. The Labute approximate surface area is 105 Å². The Kier molecular flexibility index (Phi) is 4.76. The van der Waals surface area contributed by atoms with Crippen molar-refractivity contribution >= 4 is 0 Å². The van der Waals surface area contributed by atoms with Crippen molar-refractivity contribution in [3.05, 3.63) is 35.4 Å². The van der Waals surface area contributed by atoms with E-state index in [1.54, 1.807) is 13.0 Å². The van der Waals surface area contributed by atoms with E-state index in [9.17, 15) is 18.3 Å². The summed E-state index contributed by atoms with van der Waals surface area (Å²) in [6.07, 6.45) is -3.71. The third-order valence-corrected chi connectivity index (χ3v) is 3.16. The van der Waals surface area contributed by atoms with Crippen LogP contribution >= 0.6 is 0 Å². The lowest BCUT2D eigenvalue weighted by atomic mass is 9.99. The molecule has 18 heavy (non-hydrogen) atoms. The Balaban J connectivity index is 2.86. The topological polar surface area (TPSA) is 32.3 Å². The third kappa shape index (κ3) is 3.71. The molecule has 2 N–H and O–H groups in total. The first-order valence-corrected chi connectivity index (χ1v) is 5.83. The van der Waals surface area contributed by atoms with Crippen molar-refractivity contribution in [3.8, 4) is 0 Å². The number of benzene rings is 1. The predicted octanol–water partition coefficient (Wildman–Crippen LogP) is 2.96. The normalized spacial score (nSPS) is 15.4. The van der Waals surface area contributed by atoms with Gasteiger partial charge in [0.1, 0.15) is 0 Å². The molecule has 0 aliphatic rings. The zero-order valence-electron chi connectivity index (χ0n) is 10.5. The molecule has 1 aromatic rings. The number of aliphatic hydroxyl groups excluding tert-OH is 1. The smallest absolute Gasteiger partial charge is 0.394 e. The molecule has 0 aliphatic heterocycles. The van der Waals surface area contributed by atoms with Crippen LogP contribution in [-0.2, 0) is 12.7 Å². The summed E-state index contributed by atoms with van der Waals surface area (Å²) in [6.45, 7) is 3.63. The molecule has 1 aromatic carbocycles. The highest BCUT2D eigenvalue weighted by Gasteiger charge is 2.33. The number of hydrogen-bond acceptors (Lipinski definition) is 2. The van der Waals surface area contributed by atoms with Crippen molar-refractivity contribution in [2.45, 2.75) is 38.5 Å². The molecule has 1 rings (SSSR count). The molecule has 0 radical (unpaired) electrons. The Bertz CT molecular complexity index is 386. The maximum atomic E-state index is 12.8. The lowest BCUT2D eigenvalue weighted by Crippen LogP contribution is -2.44. The van der Waals surface area contributed by atoms with Gasteiger partial charge in [-0.1, -0.05) is 25.1 Å². The molecule has 5 heteroatoms. The Hall–Kier alpha value is -1.07. The van der Waals surface area contributed by atoms with Crippen LogP contribution in [0.1, 0.15) is 31.4 Å². The molecular weight excluding hydrogens is 243 g/mol. The van der Waals surface area contributed by atoms with Crippen molar-refractivity contribution in [3.63, 3.8) is 0 Å². The van der Waals surface area contributed by atoms with E-state index < -0.39 is 17.3 Å². The van der Waals surface area contributed by atoms with Gasteiger partial charge in [0, 0.05) is 12.1 Å². The summed E-state index contributed by atoms with van der Waals surface area (Å²) >= 11 is 0. The van der Waals surface area contributed by atoms with Gasteiger partial charge in [0.15, 0.2) is 0 Å². The highest BCUT2D eigenvalue weighted by atomic mass is 19.4. The van der Waals surface area contributed by atoms with Gasteiger partial charge in [-0.05, 0) is 25.0 Å². The van der Waals surface area contributed by atoms with Crippen LogP contribution in [0.25, 0.3) is 0 Å². The summed E-state index contributed by atoms with van der Waals surface area (Å²) in [6, 6.07) is 5.47. The van der Waals surface area contributed by atoms with Crippen LogP contribution in [0.2, 0.25) is 0 Å². The van der Waals surface area contributed by atoms with Gasteiger partial charge >= 0.3 is 6.18 Å². The first-order valence-electron chi connectivity index (χ1n) is 5.83. The number of nitrogens with one attached hydrogen (secondary N) is 1. The number of aliphatic hydroxyl groups is 1. The first-order chi connectivity index (χ1) is 8.32. The molecule has 0 saturated carbocycles. The van der Waals surface area contributed by atoms with Gasteiger partial charge in [-0.15, -0.1) is 0 Å². The largest absolute Gasteiger partial charge is 0.416 e. The van der Waals surface area contributed by atoms with Crippen LogP contribution in [-0.4, -0.2) is 17.3 Å². The first kappa shape index (κ1) is 15.0. The van der Waals surface area contributed by atoms with E-state index in [0.717, 1.165) is 6.07 Å². The third-order valence-electron chi connectivity index (χ3n) is 3.16. The maximum Gasteiger partial charge on any atom is 0.416 e. The summed E-state index contributed by atoms with van der Waals surface area (Å²) in [5.41, 5.74) is -0.995. The second-order valence-corrected chi connectivity index (χ2v) is 4.58. The van der Waals surface area contributed by atoms with E-state index in [1.807, 2.05) is 6.92 Å². The van der Waals surface area contributed by atoms with Gasteiger partial charge in [0.25, 0.3) is 0 Å². The predicted molar refractivity (Wildman–Crippen MR) is 64.1 cm³/mol. The van der Waals surface area contributed by atoms with Crippen molar-refractivity contribution in [2.75, 3.05) is 6.61 Å². The molecule has 102 valence electrons. The fourth-order valence-electron chi connectivity index (χ4n) is 1.55. The van der Waals surface area contributed by atoms with Gasteiger partial charge in [-0.2, -0.15) is 13.2 Å². The van der Waals surface area contributed by atoms with Crippen molar-refractivity contribution in [1.82, 2.24) is 5.32 Å². The second-order valence-electron chi connectivity index (χ2n) is 4.58. The lowest BCUT2D eigenvalue weighted by Gasteiger charge is -2.28. The second kappa shape index (κ2) is 5.71. The van der Waals surface area contributed by atoms with Crippen LogP contribution in [0, 0.1) is 0 Å². The van der Waals surface area contributed by atoms with Gasteiger partial charge in [-0.25, -0.2) is 0 Å². The fraction of sp³-hybridized carbons (Fsp3) is 0.538. The maximum absolute atomic E-state index is 12.8. The van der Waals surface area contributed by atoms with Crippen LogP contribution in [0.5, 0.6) is 0 Å². The lowest BCUT2D eigenvalue weighted by molar-refractivity contribution is -0.138. The van der Waals surface area contributed by atoms with Crippen molar-refractivity contribution in [2.24, 2.45) is 0 Å². The van der Waals surface area contributed by atoms with Crippen LogP contribution < -0.4 is 5.32 Å². The highest BCUT2D eigenvalue weighted by molar-refractivity contribution is 5.29. The minimum atomic E-state index is -4.35. The molecule has 1 unspecified atom stereocenters. The zero-order chi connectivity index (χ0) is 13.8. The van der Waals surface area contributed by atoms with Crippen LogP contribution in [0.15, 0.2) is 24.3 Å². The molecular formula is C13H18F3NO. The summed E-state index contributed by atoms with van der Waals surface area (Å²) in [5.74, 6) is 0. The Morgan fingerprint density at radius 2 is 1.83 bits per heavy atom. The Morgan fingerprint density at radius 3 is 2.33 bits per heavy atom. The average molecular weight is 261 g/mol. The SMILES string of the molecule is CCC(C)(CO)NCc1ccccc1C(F)(F)F. The summed E-state index contributed by atoms with van der Waals surface area (Å²) < 4.78 is 38.3. The van der Waals surface area contributed by atoms with E-state index in [2.05, 4.69) is 5.32 Å². The molecule has 0 aromatic heterocycles. The number of hydrogen-bond donors (Lipinski definition) is 2. The monoisotopic (exact) mass is 261 g/mol. The van der Waals surface area contributed by atoms with Crippen molar-refractivity contribution in [1.29, 1.82) is 0 Å². The van der Waals surface area contributed by atoms with Gasteiger partial charge in [0.05, 0.1) is 12.2 Å². The molecule has 0 amide bonds. The molecule has 0 fully saturated rings. The van der Waals surface area contributed by atoms with Gasteiger partial charge < -0.3 is 10.4 Å². The molecule has 0 spiro atoms. The van der Waals surface area contributed by atoms with E-state index in [1.165, 1.54) is 12.1 Å². The molecule has 0 saturated heterocycles. The molecule has 0 aliphatic carbocycles. The number of alkyl halides is 3. The minimum absolute atomic E-state index is 0.0839. The summed E-state index contributed by atoms with van der Waals surface area (Å²) in [4.78, 5) is 0. The average Bonchev–Trinajstić information content (AvgIpc) is 2.35. The van der Waals surface area contributed by atoms with Crippen LogP contribution in [0.3, 0.4) is 0 Å². The van der Waals surface area contributed by atoms with E-state index in [0.29, 0.717) is 6.42 Å².